The molecule has 0 aliphatic carbocycles. The van der Waals surface area contributed by atoms with Crippen molar-refractivity contribution < 1.29 is 13.9 Å². The number of hydrogen-bond donors (Lipinski definition) is 0. The van der Waals surface area contributed by atoms with Gasteiger partial charge >= 0.3 is 0 Å². The third kappa shape index (κ3) is 4.32. The van der Waals surface area contributed by atoms with Crippen LogP contribution in [0.4, 0.5) is 5.82 Å². The van der Waals surface area contributed by atoms with E-state index in [-0.39, 0.29) is 17.6 Å². The number of rotatable bonds is 6. The van der Waals surface area contributed by atoms with Gasteiger partial charge in [0.2, 0.25) is 5.91 Å². The van der Waals surface area contributed by atoms with Crippen LogP contribution in [-0.4, -0.2) is 59.8 Å². The highest BCUT2D eigenvalue weighted by atomic mass is 16.5. The smallest absolute Gasteiger partial charge is 0.293 e. The molecule has 1 atom stereocenters. The Morgan fingerprint density at radius 2 is 2.31 bits per heavy atom. The van der Waals surface area contributed by atoms with E-state index in [1.54, 1.807) is 36.9 Å². The van der Waals surface area contributed by atoms with E-state index < -0.39 is 0 Å². The van der Waals surface area contributed by atoms with Crippen LogP contribution in [0, 0.1) is 0 Å². The molecule has 0 radical (unpaired) electrons. The Morgan fingerprint density at radius 1 is 1.46 bits per heavy atom. The Bertz CT molecular complexity index is 787. The van der Waals surface area contributed by atoms with Gasteiger partial charge in [0.15, 0.2) is 5.82 Å². The van der Waals surface area contributed by atoms with E-state index in [0.717, 1.165) is 5.56 Å². The van der Waals surface area contributed by atoms with Crippen molar-refractivity contribution in [3.8, 4) is 0 Å². The summed E-state index contributed by atoms with van der Waals surface area (Å²) < 4.78 is 12.3. The Morgan fingerprint density at radius 3 is 3.08 bits per heavy atom. The van der Waals surface area contributed by atoms with Gasteiger partial charge in [0.1, 0.15) is 0 Å². The lowest BCUT2D eigenvalue weighted by molar-refractivity contribution is -0.138. The van der Waals surface area contributed by atoms with Crippen molar-refractivity contribution in [2.45, 2.75) is 18.9 Å². The summed E-state index contributed by atoms with van der Waals surface area (Å²) in [6, 6.07) is 1.87. The summed E-state index contributed by atoms with van der Waals surface area (Å²) in [5, 5.41) is 0. The number of aryl methyl sites for hydroxylation is 2. The number of carbonyl (C=O) groups excluding carboxylic acids is 1. The predicted octanol–water partition coefficient (Wildman–Crippen LogP) is 0.670. The van der Waals surface area contributed by atoms with E-state index in [9.17, 15) is 9.59 Å². The molecule has 1 aliphatic heterocycles. The number of furan rings is 1. The molecule has 0 aromatic carbocycles. The van der Waals surface area contributed by atoms with E-state index in [4.69, 9.17) is 9.15 Å². The molecule has 1 saturated heterocycles. The molecule has 2 aromatic rings. The molecule has 140 valence electrons. The maximum atomic E-state index is 12.5. The summed E-state index contributed by atoms with van der Waals surface area (Å²) in [5.74, 6) is 0.484. The number of hydrogen-bond acceptors (Lipinski definition) is 6. The molecule has 26 heavy (non-hydrogen) atoms. The topological polar surface area (TPSA) is 80.8 Å². The Labute approximate surface area is 152 Å². The second-order valence-corrected chi connectivity index (χ2v) is 6.51. The lowest BCUT2D eigenvalue weighted by Gasteiger charge is -2.35. The minimum atomic E-state index is -0.154. The molecule has 0 bridgehead atoms. The van der Waals surface area contributed by atoms with Gasteiger partial charge in [-0.25, -0.2) is 4.98 Å². The minimum Gasteiger partial charge on any atom is -0.472 e. The van der Waals surface area contributed by atoms with Gasteiger partial charge in [-0.1, -0.05) is 0 Å². The molecule has 0 unspecified atom stereocenters. The highest BCUT2D eigenvalue weighted by Gasteiger charge is 2.26. The molecule has 1 amide bonds. The van der Waals surface area contributed by atoms with Crippen molar-refractivity contribution >= 4 is 11.7 Å². The largest absolute Gasteiger partial charge is 0.472 e. The van der Waals surface area contributed by atoms with Gasteiger partial charge in [-0.05, 0) is 18.1 Å². The average Bonchev–Trinajstić information content (AvgIpc) is 3.15. The summed E-state index contributed by atoms with van der Waals surface area (Å²) >= 11 is 0. The number of anilines is 1. The summed E-state index contributed by atoms with van der Waals surface area (Å²) in [6.45, 7) is 2.10. The number of amides is 1. The quantitative estimate of drug-likeness (QED) is 0.753. The van der Waals surface area contributed by atoms with Gasteiger partial charge in [-0.2, -0.15) is 0 Å². The van der Waals surface area contributed by atoms with Crippen molar-refractivity contribution in [3.63, 3.8) is 0 Å². The lowest BCUT2D eigenvalue weighted by atomic mass is 10.1. The van der Waals surface area contributed by atoms with E-state index in [0.29, 0.717) is 44.9 Å². The highest BCUT2D eigenvalue weighted by molar-refractivity contribution is 5.76. The predicted molar refractivity (Wildman–Crippen MR) is 96.1 cm³/mol. The standard InChI is InChI=1S/C18H24N4O4/c1-20-7-6-19-17(18(20)24)21(2)11-15-12-22(8-10-26-15)16(23)4-3-14-5-9-25-13-14/h5-7,9,13,15H,3-4,8,10-12H2,1-2H3/t15-/m1/s1. The van der Waals surface area contributed by atoms with Crippen LogP contribution in [0.25, 0.3) is 0 Å². The van der Waals surface area contributed by atoms with Gasteiger partial charge in [0.05, 0.1) is 25.2 Å². The molecule has 2 aromatic heterocycles. The van der Waals surface area contributed by atoms with Crippen molar-refractivity contribution in [3.05, 3.63) is 46.9 Å². The normalized spacial score (nSPS) is 17.3. The van der Waals surface area contributed by atoms with Gasteiger partial charge in [-0.15, -0.1) is 0 Å². The number of ether oxygens (including phenoxy) is 1. The van der Waals surface area contributed by atoms with Crippen LogP contribution in [0.2, 0.25) is 0 Å². The fourth-order valence-electron chi connectivity index (χ4n) is 3.04. The average molecular weight is 360 g/mol. The number of likely N-dealkylation sites (N-methyl/N-ethyl adjacent to an activating group) is 1. The molecule has 1 aliphatic rings. The molecular weight excluding hydrogens is 336 g/mol. The third-order valence-electron chi connectivity index (χ3n) is 4.54. The summed E-state index contributed by atoms with van der Waals surface area (Å²) in [7, 11) is 3.51. The molecule has 3 rings (SSSR count). The summed E-state index contributed by atoms with van der Waals surface area (Å²) in [6.07, 6.45) is 7.46. The number of nitrogens with zero attached hydrogens (tertiary/aromatic N) is 4. The van der Waals surface area contributed by atoms with Gasteiger partial charge < -0.3 is 23.5 Å². The van der Waals surface area contributed by atoms with Crippen LogP contribution in [-0.2, 0) is 23.0 Å². The van der Waals surface area contributed by atoms with Crippen molar-refractivity contribution in [1.82, 2.24) is 14.5 Å². The first-order valence-corrected chi connectivity index (χ1v) is 8.68. The van der Waals surface area contributed by atoms with Gasteiger partial charge in [-0.3, -0.25) is 9.59 Å². The first kappa shape index (κ1) is 18.2. The molecule has 8 nitrogen and oxygen atoms in total. The molecule has 1 fully saturated rings. The molecule has 0 spiro atoms. The minimum absolute atomic E-state index is 0.107. The Hall–Kier alpha value is -2.61. The van der Waals surface area contributed by atoms with E-state index in [1.807, 2.05) is 18.0 Å². The first-order valence-electron chi connectivity index (χ1n) is 8.68. The zero-order valence-corrected chi connectivity index (χ0v) is 15.1. The van der Waals surface area contributed by atoms with Crippen LogP contribution in [0.1, 0.15) is 12.0 Å². The Kier molecular flexibility index (Phi) is 5.72. The van der Waals surface area contributed by atoms with Crippen LogP contribution in [0.5, 0.6) is 0 Å². The first-order chi connectivity index (χ1) is 12.5. The second-order valence-electron chi connectivity index (χ2n) is 6.51. The van der Waals surface area contributed by atoms with Crippen LogP contribution in [0.15, 0.2) is 40.2 Å². The summed E-state index contributed by atoms with van der Waals surface area (Å²) in [4.78, 5) is 32.4. The molecular formula is C18H24N4O4. The van der Waals surface area contributed by atoms with Gasteiger partial charge in [0.25, 0.3) is 5.56 Å². The number of carbonyl (C=O) groups is 1. The van der Waals surface area contributed by atoms with Crippen LogP contribution < -0.4 is 10.5 Å². The van der Waals surface area contributed by atoms with Gasteiger partial charge in [0, 0.05) is 52.5 Å². The maximum Gasteiger partial charge on any atom is 0.293 e. The fourth-order valence-corrected chi connectivity index (χ4v) is 3.04. The molecule has 0 N–H and O–H groups in total. The van der Waals surface area contributed by atoms with E-state index in [1.165, 1.54) is 4.57 Å². The number of aromatic nitrogens is 2. The highest BCUT2D eigenvalue weighted by Crippen LogP contribution is 2.12. The zero-order chi connectivity index (χ0) is 18.5. The molecule has 3 heterocycles. The Balaban J connectivity index is 1.55. The van der Waals surface area contributed by atoms with Crippen LogP contribution in [0.3, 0.4) is 0 Å². The summed E-state index contributed by atoms with van der Waals surface area (Å²) in [5.41, 5.74) is 0.868. The lowest BCUT2D eigenvalue weighted by Crippen LogP contribution is -2.49. The second kappa shape index (κ2) is 8.18. The van der Waals surface area contributed by atoms with Crippen LogP contribution >= 0.6 is 0 Å². The molecule has 8 heteroatoms. The SMILES string of the molecule is CN(C[C@@H]1CN(C(=O)CCc2ccoc2)CCO1)c1nccn(C)c1=O. The fraction of sp³-hybridized carbons (Fsp3) is 0.500. The third-order valence-corrected chi connectivity index (χ3v) is 4.54. The van der Waals surface area contributed by atoms with Crippen molar-refractivity contribution in [2.75, 3.05) is 38.2 Å². The van der Waals surface area contributed by atoms with E-state index in [2.05, 4.69) is 4.98 Å². The molecule has 0 saturated carbocycles. The van der Waals surface area contributed by atoms with E-state index >= 15 is 0 Å². The zero-order valence-electron chi connectivity index (χ0n) is 15.1. The number of morpholine rings is 1. The van der Waals surface area contributed by atoms with Crippen molar-refractivity contribution in [2.24, 2.45) is 7.05 Å². The van der Waals surface area contributed by atoms with Crippen molar-refractivity contribution in [1.29, 1.82) is 0 Å². The monoisotopic (exact) mass is 360 g/mol. The maximum absolute atomic E-state index is 12.5.